The number of esters is 2. The largest absolute Gasteiger partial charge is 0.497 e. The van der Waals surface area contributed by atoms with Crippen molar-refractivity contribution in [3.05, 3.63) is 83.1 Å². The van der Waals surface area contributed by atoms with Gasteiger partial charge < -0.3 is 29.2 Å². The molecule has 0 aliphatic carbocycles. The monoisotopic (exact) mass is 600 g/mol. The molecule has 0 saturated carbocycles. The molecular formula is C35H40N2O7. The number of fused-ring (bicyclic) bond motifs is 1. The van der Waals surface area contributed by atoms with Gasteiger partial charge in [-0.05, 0) is 48.7 Å². The van der Waals surface area contributed by atoms with Crippen molar-refractivity contribution in [2.45, 2.75) is 64.2 Å². The van der Waals surface area contributed by atoms with Crippen molar-refractivity contribution in [3.63, 3.8) is 0 Å². The van der Waals surface area contributed by atoms with Crippen LogP contribution in [0.5, 0.6) is 5.75 Å². The van der Waals surface area contributed by atoms with Gasteiger partial charge in [0, 0.05) is 24.6 Å². The third-order valence-electron chi connectivity index (χ3n) is 8.25. The van der Waals surface area contributed by atoms with E-state index in [-0.39, 0.29) is 23.7 Å². The summed E-state index contributed by atoms with van der Waals surface area (Å²) in [5.74, 6) is -1.51. The third-order valence-corrected chi connectivity index (χ3v) is 8.25. The van der Waals surface area contributed by atoms with Crippen molar-refractivity contribution in [3.8, 4) is 5.75 Å². The lowest BCUT2D eigenvalue weighted by Gasteiger charge is -2.22. The Hall–Kier alpha value is -4.37. The number of nitrogens with one attached hydrogen (secondary N) is 1. The maximum Gasteiger partial charge on any atom is 0.356 e. The Morgan fingerprint density at radius 1 is 1.07 bits per heavy atom. The van der Waals surface area contributed by atoms with E-state index in [9.17, 15) is 14.4 Å². The van der Waals surface area contributed by atoms with Gasteiger partial charge in [-0.15, -0.1) is 0 Å². The number of carbonyl (C=O) groups is 3. The number of benzene rings is 3. The van der Waals surface area contributed by atoms with Crippen LogP contribution in [0.2, 0.25) is 0 Å². The minimum atomic E-state index is -1.25. The second kappa shape index (κ2) is 13.1. The molecule has 9 nitrogen and oxygen atoms in total. The molecule has 232 valence electrons. The first-order valence-corrected chi connectivity index (χ1v) is 15.1. The number of unbranched alkanes of at least 4 members (excludes halogenated alkanes) is 1. The topological polar surface area (TPSA) is 106 Å². The molecule has 2 heterocycles. The van der Waals surface area contributed by atoms with Gasteiger partial charge in [0.1, 0.15) is 5.75 Å². The number of rotatable bonds is 13. The first-order valence-electron chi connectivity index (χ1n) is 15.1. The summed E-state index contributed by atoms with van der Waals surface area (Å²) < 4.78 is 22.1. The quantitative estimate of drug-likeness (QED) is 0.158. The average Bonchev–Trinajstić information content (AvgIpc) is 3.96. The summed E-state index contributed by atoms with van der Waals surface area (Å²) in [6.07, 6.45) is 1.95. The summed E-state index contributed by atoms with van der Waals surface area (Å²) in [4.78, 5) is 43.1. The van der Waals surface area contributed by atoms with Crippen molar-refractivity contribution in [2.24, 2.45) is 0 Å². The molecular weight excluding hydrogens is 560 g/mol. The molecule has 0 radical (unpaired) electrons. The van der Waals surface area contributed by atoms with Crippen LogP contribution in [0.3, 0.4) is 0 Å². The zero-order valence-electron chi connectivity index (χ0n) is 26.0. The van der Waals surface area contributed by atoms with Gasteiger partial charge in [-0.2, -0.15) is 0 Å². The van der Waals surface area contributed by atoms with Gasteiger partial charge in [0.05, 0.1) is 37.7 Å². The summed E-state index contributed by atoms with van der Waals surface area (Å²) in [5, 5.41) is 4.34. The van der Waals surface area contributed by atoms with Crippen LogP contribution < -0.4 is 10.1 Å². The molecule has 2 fully saturated rings. The lowest BCUT2D eigenvalue weighted by molar-refractivity contribution is -0.139. The lowest BCUT2D eigenvalue weighted by atomic mass is 10.00. The summed E-state index contributed by atoms with van der Waals surface area (Å²) in [6, 6.07) is 18.8. The summed E-state index contributed by atoms with van der Waals surface area (Å²) in [6.45, 7) is 7.13. The fourth-order valence-corrected chi connectivity index (χ4v) is 5.51. The van der Waals surface area contributed by atoms with Crippen LogP contribution in [0, 0.1) is 6.92 Å². The number of nitrogens with zero attached hydrogens (tertiary/aromatic N) is 1. The summed E-state index contributed by atoms with van der Waals surface area (Å²) in [7, 11) is 2.81. The molecule has 1 amide bonds. The number of methoxy groups -OCH3 is 2. The van der Waals surface area contributed by atoms with E-state index < -0.39 is 29.6 Å². The van der Waals surface area contributed by atoms with Gasteiger partial charge in [-0.25, -0.2) is 9.59 Å². The van der Waals surface area contributed by atoms with Gasteiger partial charge in [0.15, 0.2) is 11.8 Å². The molecule has 2 aliphatic heterocycles. The minimum absolute atomic E-state index is 0.00747. The van der Waals surface area contributed by atoms with Crippen LogP contribution >= 0.6 is 0 Å². The Kier molecular flexibility index (Phi) is 9.25. The van der Waals surface area contributed by atoms with E-state index in [2.05, 4.69) is 17.1 Å². The Labute approximate surface area is 258 Å². The highest BCUT2D eigenvalue weighted by Gasteiger charge is 2.45. The average molecular weight is 601 g/mol. The standard InChI is InChI=1S/C35H40N2O7/c1-6-7-15-24-20-37(24)31(23-13-9-8-10-14-23)30(34(40)42-5)36-32(38)29(19-35(3)21-43-35)44-33(39)28-18-25(41-4)17-27-22(2)12-11-16-26(27)28/h8-14,16-18,24,29H,6-7,15,19-21H2,1-5H3,(H,36,38)/b31-30-/t24?,29?,35-,37?/m0/s1. The number of hydrogen-bond acceptors (Lipinski definition) is 8. The molecule has 0 spiro atoms. The SMILES string of the molecule is CCCCC1CN1/C(=C(\NC(=O)C(C[C@@]1(C)CO1)OC(=O)c1cc(OC)cc2c(C)cccc12)C(=O)OC)c1ccccc1. The van der Waals surface area contributed by atoms with E-state index in [1.54, 1.807) is 6.07 Å². The first kappa shape index (κ1) is 31.1. The van der Waals surface area contributed by atoms with Crippen molar-refractivity contribution >= 4 is 34.3 Å². The van der Waals surface area contributed by atoms with E-state index in [0.717, 1.165) is 42.3 Å². The van der Waals surface area contributed by atoms with E-state index in [1.165, 1.54) is 14.2 Å². The highest BCUT2D eigenvalue weighted by Crippen LogP contribution is 2.37. The first-order chi connectivity index (χ1) is 21.2. The predicted molar refractivity (Wildman–Crippen MR) is 167 cm³/mol. The van der Waals surface area contributed by atoms with Crippen molar-refractivity contribution in [1.29, 1.82) is 0 Å². The molecule has 2 saturated heterocycles. The second-order valence-electron chi connectivity index (χ2n) is 11.7. The summed E-state index contributed by atoms with van der Waals surface area (Å²) in [5.41, 5.74) is 1.99. The number of carbonyl (C=O) groups excluding carboxylic acids is 3. The number of epoxide rings is 1. The lowest BCUT2D eigenvalue weighted by Crippen LogP contribution is -2.42. The summed E-state index contributed by atoms with van der Waals surface area (Å²) >= 11 is 0. The van der Waals surface area contributed by atoms with Gasteiger partial charge >= 0.3 is 11.9 Å². The normalized spacial score (nSPS) is 19.9. The number of amides is 1. The van der Waals surface area contributed by atoms with Gasteiger partial charge in [-0.3, -0.25) is 4.79 Å². The number of aryl methyl sites for hydroxylation is 1. The molecule has 5 rings (SSSR count). The molecule has 2 unspecified atom stereocenters. The Morgan fingerprint density at radius 3 is 2.48 bits per heavy atom. The van der Waals surface area contributed by atoms with Crippen LogP contribution in [0.4, 0.5) is 0 Å². The van der Waals surface area contributed by atoms with E-state index in [4.69, 9.17) is 18.9 Å². The van der Waals surface area contributed by atoms with Crippen LogP contribution in [0.1, 0.15) is 61.0 Å². The number of ether oxygens (including phenoxy) is 4. The highest BCUT2D eigenvalue weighted by atomic mass is 16.6. The molecule has 2 aliphatic rings. The van der Waals surface area contributed by atoms with Gasteiger partial charge in [0.25, 0.3) is 5.91 Å². The van der Waals surface area contributed by atoms with E-state index in [1.807, 2.05) is 68.4 Å². The minimum Gasteiger partial charge on any atom is -0.497 e. The molecule has 44 heavy (non-hydrogen) atoms. The highest BCUT2D eigenvalue weighted by molar-refractivity contribution is 6.07. The molecule has 0 aromatic heterocycles. The molecule has 3 atom stereocenters. The Morgan fingerprint density at radius 2 is 1.82 bits per heavy atom. The Balaban J connectivity index is 1.49. The van der Waals surface area contributed by atoms with Crippen LogP contribution in [-0.2, 0) is 23.8 Å². The molecule has 3 aromatic carbocycles. The third kappa shape index (κ3) is 6.89. The van der Waals surface area contributed by atoms with Crippen molar-refractivity contribution < 1.29 is 33.3 Å². The fraction of sp³-hybridized carbons (Fsp3) is 0.400. The fourth-order valence-electron chi connectivity index (χ4n) is 5.51. The maximum atomic E-state index is 14.0. The van der Waals surface area contributed by atoms with E-state index >= 15 is 0 Å². The Bertz CT molecular complexity index is 1580. The number of hydrogen-bond donors (Lipinski definition) is 1. The zero-order valence-corrected chi connectivity index (χ0v) is 26.0. The molecule has 0 bridgehead atoms. The molecule has 3 aromatic rings. The molecule has 9 heteroatoms. The van der Waals surface area contributed by atoms with Gasteiger partial charge in [0.2, 0.25) is 0 Å². The van der Waals surface area contributed by atoms with Crippen molar-refractivity contribution in [2.75, 3.05) is 27.4 Å². The predicted octanol–water partition coefficient (Wildman–Crippen LogP) is 5.39. The zero-order chi connectivity index (χ0) is 31.4. The van der Waals surface area contributed by atoms with Crippen LogP contribution in [0.15, 0.2) is 66.4 Å². The van der Waals surface area contributed by atoms with Crippen molar-refractivity contribution in [1.82, 2.24) is 10.2 Å². The van der Waals surface area contributed by atoms with E-state index in [0.29, 0.717) is 23.4 Å². The van der Waals surface area contributed by atoms with Crippen LogP contribution in [0.25, 0.3) is 16.5 Å². The van der Waals surface area contributed by atoms with Crippen LogP contribution in [-0.4, -0.2) is 67.9 Å². The van der Waals surface area contributed by atoms with Gasteiger partial charge in [-0.1, -0.05) is 68.3 Å². The molecule has 1 N–H and O–H groups in total. The second-order valence-corrected chi connectivity index (χ2v) is 11.7. The smallest absolute Gasteiger partial charge is 0.356 e. The maximum absolute atomic E-state index is 14.0.